The highest BCUT2D eigenvalue weighted by Crippen LogP contribution is 2.20. The molecule has 0 spiro atoms. The first-order chi connectivity index (χ1) is 9.04. The predicted molar refractivity (Wildman–Crippen MR) is 82.5 cm³/mol. The summed E-state index contributed by atoms with van der Waals surface area (Å²) >= 11 is 0. The molecule has 112 valence electrons. The lowest BCUT2D eigenvalue weighted by atomic mass is 9.94. The Morgan fingerprint density at radius 3 is 2.53 bits per heavy atom. The van der Waals surface area contributed by atoms with Crippen LogP contribution in [0.15, 0.2) is 0 Å². The lowest BCUT2D eigenvalue weighted by Crippen LogP contribution is -2.57. The molecule has 0 amide bonds. The zero-order chi connectivity index (χ0) is 13.8. The average Bonchev–Trinajstić information content (AvgIpc) is 2.35. The van der Waals surface area contributed by atoms with Crippen LogP contribution >= 0.6 is 0 Å². The second-order valence-corrected chi connectivity index (χ2v) is 7.28. The van der Waals surface area contributed by atoms with Crippen molar-refractivity contribution >= 4 is 0 Å². The maximum Gasteiger partial charge on any atom is 0.0198 e. The van der Waals surface area contributed by atoms with Crippen LogP contribution in [0, 0.1) is 11.8 Å². The average molecular weight is 267 g/mol. The summed E-state index contributed by atoms with van der Waals surface area (Å²) in [4.78, 5) is 5.22. The van der Waals surface area contributed by atoms with Gasteiger partial charge in [0.2, 0.25) is 0 Å². The van der Waals surface area contributed by atoms with E-state index in [-0.39, 0.29) is 0 Å². The van der Waals surface area contributed by atoms with Gasteiger partial charge in [-0.2, -0.15) is 0 Å². The number of rotatable bonds is 4. The third kappa shape index (κ3) is 4.73. The van der Waals surface area contributed by atoms with Crippen molar-refractivity contribution in [2.45, 2.75) is 52.1 Å². The molecule has 0 aromatic heterocycles. The van der Waals surface area contributed by atoms with Gasteiger partial charge < -0.3 is 10.2 Å². The highest BCUT2D eigenvalue weighted by Gasteiger charge is 2.28. The van der Waals surface area contributed by atoms with E-state index in [1.807, 2.05) is 0 Å². The molecule has 0 radical (unpaired) electrons. The monoisotopic (exact) mass is 267 g/mol. The van der Waals surface area contributed by atoms with E-state index in [1.54, 1.807) is 0 Å². The number of nitrogens with zero attached hydrogens (tertiary/aromatic N) is 2. The molecule has 2 heterocycles. The first kappa shape index (κ1) is 15.3. The maximum absolute atomic E-state index is 3.72. The van der Waals surface area contributed by atoms with Crippen LogP contribution in [0.4, 0.5) is 0 Å². The summed E-state index contributed by atoms with van der Waals surface area (Å²) in [6.45, 7) is 13.4. The quantitative estimate of drug-likeness (QED) is 0.841. The molecule has 0 aromatic rings. The second-order valence-electron chi connectivity index (χ2n) is 7.28. The maximum atomic E-state index is 3.72. The van der Waals surface area contributed by atoms with Crippen LogP contribution in [0.25, 0.3) is 0 Å². The Bertz CT molecular complexity index is 259. The van der Waals surface area contributed by atoms with Crippen molar-refractivity contribution in [2.75, 3.05) is 39.8 Å². The third-order valence-corrected chi connectivity index (χ3v) is 4.87. The fourth-order valence-corrected chi connectivity index (χ4v) is 3.55. The first-order valence-electron chi connectivity index (χ1n) is 8.20. The SMILES string of the molecule is CC(C)CC1CN(CC2CCN(C)CC2)C(C)CN1. The highest BCUT2D eigenvalue weighted by atomic mass is 15.2. The van der Waals surface area contributed by atoms with Crippen molar-refractivity contribution in [3.05, 3.63) is 0 Å². The Morgan fingerprint density at radius 1 is 1.21 bits per heavy atom. The zero-order valence-electron chi connectivity index (χ0n) is 13.4. The summed E-state index contributed by atoms with van der Waals surface area (Å²) < 4.78 is 0. The molecule has 2 unspecified atom stereocenters. The molecular formula is C16H33N3. The number of nitrogens with one attached hydrogen (secondary N) is 1. The molecular weight excluding hydrogens is 234 g/mol. The van der Waals surface area contributed by atoms with Gasteiger partial charge in [-0.3, -0.25) is 4.90 Å². The van der Waals surface area contributed by atoms with Gasteiger partial charge in [0.05, 0.1) is 0 Å². The number of piperidine rings is 1. The molecule has 1 N–H and O–H groups in total. The van der Waals surface area contributed by atoms with Gasteiger partial charge in [0.1, 0.15) is 0 Å². The minimum absolute atomic E-state index is 0.711. The van der Waals surface area contributed by atoms with Gasteiger partial charge in [-0.1, -0.05) is 13.8 Å². The lowest BCUT2D eigenvalue weighted by molar-refractivity contribution is 0.0917. The summed E-state index contributed by atoms with van der Waals surface area (Å²) in [7, 11) is 2.25. The van der Waals surface area contributed by atoms with Gasteiger partial charge in [0, 0.05) is 31.7 Å². The minimum Gasteiger partial charge on any atom is -0.311 e. The van der Waals surface area contributed by atoms with Gasteiger partial charge in [0.15, 0.2) is 0 Å². The van der Waals surface area contributed by atoms with E-state index in [1.165, 1.54) is 52.0 Å². The fraction of sp³-hybridized carbons (Fsp3) is 1.00. The molecule has 2 saturated heterocycles. The van der Waals surface area contributed by atoms with Gasteiger partial charge >= 0.3 is 0 Å². The molecule has 0 aliphatic carbocycles. The summed E-state index contributed by atoms with van der Waals surface area (Å²) in [5, 5.41) is 3.72. The van der Waals surface area contributed by atoms with E-state index in [4.69, 9.17) is 0 Å². The van der Waals surface area contributed by atoms with Gasteiger partial charge in [0.25, 0.3) is 0 Å². The summed E-state index contributed by atoms with van der Waals surface area (Å²) in [6.07, 6.45) is 4.10. The fourth-order valence-electron chi connectivity index (χ4n) is 3.55. The Hall–Kier alpha value is -0.120. The van der Waals surface area contributed by atoms with Gasteiger partial charge in [-0.25, -0.2) is 0 Å². The van der Waals surface area contributed by atoms with Crippen LogP contribution in [-0.4, -0.2) is 61.7 Å². The Morgan fingerprint density at radius 2 is 1.89 bits per heavy atom. The number of piperazine rings is 1. The molecule has 19 heavy (non-hydrogen) atoms. The molecule has 2 rings (SSSR count). The Labute approximate surface area is 119 Å². The van der Waals surface area contributed by atoms with Crippen LogP contribution < -0.4 is 5.32 Å². The Balaban J connectivity index is 1.80. The smallest absolute Gasteiger partial charge is 0.0198 e. The van der Waals surface area contributed by atoms with E-state index in [2.05, 4.69) is 42.9 Å². The lowest BCUT2D eigenvalue weighted by Gasteiger charge is -2.42. The zero-order valence-corrected chi connectivity index (χ0v) is 13.4. The van der Waals surface area contributed by atoms with Crippen molar-refractivity contribution < 1.29 is 0 Å². The number of hydrogen-bond donors (Lipinski definition) is 1. The summed E-state index contributed by atoms with van der Waals surface area (Å²) in [5.74, 6) is 1.73. The van der Waals surface area contributed by atoms with Crippen LogP contribution in [0.1, 0.15) is 40.0 Å². The highest BCUT2D eigenvalue weighted by molar-refractivity contribution is 4.86. The van der Waals surface area contributed by atoms with Crippen LogP contribution in [0.2, 0.25) is 0 Å². The normalized spacial score (nSPS) is 32.1. The molecule has 3 nitrogen and oxygen atoms in total. The van der Waals surface area contributed by atoms with E-state index >= 15 is 0 Å². The van der Waals surface area contributed by atoms with Crippen molar-refractivity contribution in [1.82, 2.24) is 15.1 Å². The molecule has 2 fully saturated rings. The minimum atomic E-state index is 0.711. The molecule has 2 aliphatic rings. The molecule has 2 aliphatic heterocycles. The van der Waals surface area contributed by atoms with Gasteiger partial charge in [-0.15, -0.1) is 0 Å². The van der Waals surface area contributed by atoms with E-state index < -0.39 is 0 Å². The van der Waals surface area contributed by atoms with Crippen molar-refractivity contribution in [2.24, 2.45) is 11.8 Å². The van der Waals surface area contributed by atoms with Crippen molar-refractivity contribution in [3.63, 3.8) is 0 Å². The topological polar surface area (TPSA) is 18.5 Å². The molecule has 0 aromatic carbocycles. The van der Waals surface area contributed by atoms with E-state index in [0.717, 1.165) is 11.8 Å². The number of likely N-dealkylation sites (tertiary alicyclic amines) is 1. The van der Waals surface area contributed by atoms with Crippen molar-refractivity contribution in [3.8, 4) is 0 Å². The number of hydrogen-bond acceptors (Lipinski definition) is 3. The predicted octanol–water partition coefficient (Wildman–Crippen LogP) is 2.04. The third-order valence-electron chi connectivity index (χ3n) is 4.87. The molecule has 0 bridgehead atoms. The van der Waals surface area contributed by atoms with Crippen LogP contribution in [-0.2, 0) is 0 Å². The molecule has 3 heteroatoms. The summed E-state index contributed by atoms with van der Waals surface area (Å²) in [5.41, 5.74) is 0. The first-order valence-corrected chi connectivity index (χ1v) is 8.20. The summed E-state index contributed by atoms with van der Waals surface area (Å²) in [6, 6.07) is 1.42. The standard InChI is InChI=1S/C16H33N3/c1-13(2)9-16-12-19(14(3)10-17-16)11-15-5-7-18(4)8-6-15/h13-17H,5-12H2,1-4H3. The molecule has 0 saturated carbocycles. The van der Waals surface area contributed by atoms with E-state index in [9.17, 15) is 0 Å². The van der Waals surface area contributed by atoms with Crippen LogP contribution in [0.5, 0.6) is 0 Å². The second kappa shape index (κ2) is 7.05. The molecule has 2 atom stereocenters. The van der Waals surface area contributed by atoms with E-state index in [0.29, 0.717) is 12.1 Å². The van der Waals surface area contributed by atoms with Gasteiger partial charge in [-0.05, 0) is 58.2 Å². The van der Waals surface area contributed by atoms with Crippen LogP contribution in [0.3, 0.4) is 0 Å². The largest absolute Gasteiger partial charge is 0.311 e. The Kier molecular flexibility index (Phi) is 5.67. The van der Waals surface area contributed by atoms with Crippen molar-refractivity contribution in [1.29, 1.82) is 0 Å².